The molecule has 0 spiro atoms. The lowest BCUT2D eigenvalue weighted by molar-refractivity contribution is 0.372. The van der Waals surface area contributed by atoms with Crippen molar-refractivity contribution in [2.45, 2.75) is 31.4 Å². The van der Waals surface area contributed by atoms with Gasteiger partial charge < -0.3 is 14.8 Å². The number of nitrogens with one attached hydrogen (secondary N) is 1. The van der Waals surface area contributed by atoms with Gasteiger partial charge in [-0.25, -0.2) is 0 Å². The van der Waals surface area contributed by atoms with Crippen LogP contribution in [0.25, 0.3) is 0 Å². The molecule has 0 amide bonds. The van der Waals surface area contributed by atoms with E-state index in [0.717, 1.165) is 19.4 Å². The fourth-order valence-electron chi connectivity index (χ4n) is 1.79. The monoisotopic (exact) mass is 285 g/mol. The van der Waals surface area contributed by atoms with Crippen molar-refractivity contribution in [3.05, 3.63) is 6.07 Å². The molecule has 0 aromatic carbocycles. The highest BCUT2D eigenvalue weighted by molar-refractivity contribution is 8.00. The van der Waals surface area contributed by atoms with Gasteiger partial charge in [0, 0.05) is 11.3 Å². The summed E-state index contributed by atoms with van der Waals surface area (Å²) >= 11 is 1.88. The number of hydrogen-bond acceptors (Lipinski definition) is 6. The highest BCUT2D eigenvalue weighted by Crippen LogP contribution is 2.30. The van der Waals surface area contributed by atoms with Gasteiger partial charge >= 0.3 is 0 Å². The molecular formula is C13H23N3O2S. The molecule has 0 atom stereocenters. The van der Waals surface area contributed by atoms with E-state index in [4.69, 9.17) is 9.47 Å². The van der Waals surface area contributed by atoms with Crippen molar-refractivity contribution < 1.29 is 9.47 Å². The Hall–Kier alpha value is -1.17. The first-order valence-corrected chi connectivity index (χ1v) is 7.61. The Bertz CT molecular complexity index is 367. The third-order valence-electron chi connectivity index (χ3n) is 3.39. The van der Waals surface area contributed by atoms with Crippen molar-refractivity contribution in [2.75, 3.05) is 32.3 Å². The van der Waals surface area contributed by atoms with Crippen LogP contribution in [0.3, 0.4) is 0 Å². The Morgan fingerprint density at radius 1 is 1.16 bits per heavy atom. The highest BCUT2D eigenvalue weighted by atomic mass is 32.2. The molecule has 6 heteroatoms. The van der Waals surface area contributed by atoms with Crippen LogP contribution in [-0.4, -0.2) is 41.7 Å². The van der Waals surface area contributed by atoms with E-state index in [-0.39, 0.29) is 4.75 Å². The van der Waals surface area contributed by atoms with Crippen LogP contribution in [0.1, 0.15) is 26.7 Å². The molecule has 0 fully saturated rings. The van der Waals surface area contributed by atoms with Gasteiger partial charge in [-0.15, -0.1) is 0 Å². The minimum absolute atomic E-state index is 0.208. The third-order valence-corrected chi connectivity index (χ3v) is 4.98. The zero-order valence-corrected chi connectivity index (χ0v) is 13.1. The molecule has 0 saturated carbocycles. The van der Waals surface area contributed by atoms with Gasteiger partial charge in [-0.05, 0) is 19.1 Å². The number of methoxy groups -OCH3 is 2. The Morgan fingerprint density at radius 2 is 1.68 bits per heavy atom. The summed E-state index contributed by atoms with van der Waals surface area (Å²) in [4.78, 5) is 8.54. The van der Waals surface area contributed by atoms with Gasteiger partial charge in [0.05, 0.1) is 20.3 Å². The standard InChI is InChI=1S/C13H23N3O2S/c1-6-13(7-2,19-5)9-14-12-15-10(17-3)8-11(16-12)18-4/h8H,6-7,9H2,1-5H3,(H,14,15,16). The molecule has 0 saturated heterocycles. The largest absolute Gasteiger partial charge is 0.481 e. The van der Waals surface area contributed by atoms with Crippen LogP contribution >= 0.6 is 11.8 Å². The van der Waals surface area contributed by atoms with E-state index < -0.39 is 0 Å². The summed E-state index contributed by atoms with van der Waals surface area (Å²) in [5.74, 6) is 1.53. The zero-order valence-electron chi connectivity index (χ0n) is 12.3. The number of anilines is 1. The summed E-state index contributed by atoms with van der Waals surface area (Å²) in [5, 5.41) is 3.28. The van der Waals surface area contributed by atoms with Crippen LogP contribution in [0, 0.1) is 0 Å². The molecule has 1 N–H and O–H groups in total. The molecule has 0 bridgehead atoms. The quantitative estimate of drug-likeness (QED) is 0.792. The number of rotatable bonds is 8. The fourth-order valence-corrected chi connectivity index (χ4v) is 2.59. The predicted octanol–water partition coefficient (Wildman–Crippen LogP) is 2.83. The van der Waals surface area contributed by atoms with Crippen LogP contribution in [-0.2, 0) is 0 Å². The maximum absolute atomic E-state index is 5.13. The van der Waals surface area contributed by atoms with Crippen LogP contribution in [0.2, 0.25) is 0 Å². The minimum Gasteiger partial charge on any atom is -0.481 e. The Kier molecular flexibility index (Phi) is 6.21. The van der Waals surface area contributed by atoms with Crippen molar-refractivity contribution in [3.8, 4) is 11.8 Å². The fraction of sp³-hybridized carbons (Fsp3) is 0.692. The highest BCUT2D eigenvalue weighted by Gasteiger charge is 2.25. The molecule has 19 heavy (non-hydrogen) atoms. The average Bonchev–Trinajstić information content (AvgIpc) is 2.48. The summed E-state index contributed by atoms with van der Waals surface area (Å²) in [7, 11) is 3.16. The van der Waals surface area contributed by atoms with E-state index in [1.807, 2.05) is 11.8 Å². The normalized spacial score (nSPS) is 11.2. The van der Waals surface area contributed by atoms with Crippen molar-refractivity contribution in [1.29, 1.82) is 0 Å². The van der Waals surface area contributed by atoms with E-state index >= 15 is 0 Å². The number of ether oxygens (including phenoxy) is 2. The second-order valence-corrected chi connectivity index (χ2v) is 5.50. The smallest absolute Gasteiger partial charge is 0.229 e. The van der Waals surface area contributed by atoms with Gasteiger partial charge in [-0.2, -0.15) is 21.7 Å². The topological polar surface area (TPSA) is 56.3 Å². The molecule has 0 radical (unpaired) electrons. The number of hydrogen-bond donors (Lipinski definition) is 1. The van der Waals surface area contributed by atoms with Crippen LogP contribution in [0.15, 0.2) is 6.07 Å². The van der Waals surface area contributed by atoms with E-state index in [9.17, 15) is 0 Å². The lowest BCUT2D eigenvalue weighted by atomic mass is 10.0. The van der Waals surface area contributed by atoms with Crippen molar-refractivity contribution in [2.24, 2.45) is 0 Å². The maximum atomic E-state index is 5.13. The first-order chi connectivity index (χ1) is 9.12. The first-order valence-electron chi connectivity index (χ1n) is 6.39. The molecule has 1 rings (SSSR count). The van der Waals surface area contributed by atoms with Gasteiger partial charge in [0.15, 0.2) is 0 Å². The summed E-state index contributed by atoms with van der Waals surface area (Å²) in [6.45, 7) is 5.22. The second kappa shape index (κ2) is 7.43. The van der Waals surface area contributed by atoms with E-state index in [1.54, 1.807) is 20.3 Å². The summed E-state index contributed by atoms with van der Waals surface area (Å²) < 4.78 is 10.5. The molecule has 1 aromatic rings. The second-order valence-electron chi connectivity index (χ2n) is 4.22. The van der Waals surface area contributed by atoms with Crippen LogP contribution < -0.4 is 14.8 Å². The minimum atomic E-state index is 0.208. The van der Waals surface area contributed by atoms with Crippen LogP contribution in [0.5, 0.6) is 11.8 Å². The molecule has 0 aliphatic carbocycles. The van der Waals surface area contributed by atoms with Gasteiger partial charge in [0.2, 0.25) is 17.7 Å². The van der Waals surface area contributed by atoms with Gasteiger partial charge in [-0.1, -0.05) is 13.8 Å². The number of aromatic nitrogens is 2. The SMILES string of the molecule is CCC(CC)(CNc1nc(OC)cc(OC)n1)SC. The number of thioether (sulfide) groups is 1. The first kappa shape index (κ1) is 15.9. The molecule has 108 valence electrons. The van der Waals surface area contributed by atoms with E-state index in [0.29, 0.717) is 17.7 Å². The summed E-state index contributed by atoms with van der Waals surface area (Å²) in [6.07, 6.45) is 4.33. The lowest BCUT2D eigenvalue weighted by Crippen LogP contribution is -2.32. The van der Waals surface area contributed by atoms with E-state index in [1.165, 1.54) is 0 Å². The Labute approximate surface area is 119 Å². The van der Waals surface area contributed by atoms with Crippen molar-refractivity contribution >= 4 is 17.7 Å². The maximum Gasteiger partial charge on any atom is 0.229 e. The van der Waals surface area contributed by atoms with Crippen molar-refractivity contribution in [3.63, 3.8) is 0 Å². The molecule has 1 heterocycles. The van der Waals surface area contributed by atoms with E-state index in [2.05, 4.69) is 35.4 Å². The molecule has 0 aliphatic heterocycles. The molecule has 0 unspecified atom stereocenters. The molecule has 1 aromatic heterocycles. The predicted molar refractivity (Wildman–Crippen MR) is 80.5 cm³/mol. The zero-order chi connectivity index (χ0) is 14.3. The third kappa shape index (κ3) is 4.16. The molecule has 0 aliphatic rings. The molecular weight excluding hydrogens is 262 g/mol. The summed E-state index contributed by atoms with van der Waals surface area (Å²) in [5.41, 5.74) is 0. The summed E-state index contributed by atoms with van der Waals surface area (Å²) in [6, 6.07) is 1.66. The van der Waals surface area contributed by atoms with Gasteiger partial charge in [0.1, 0.15) is 0 Å². The number of nitrogens with zero attached hydrogens (tertiary/aromatic N) is 2. The Morgan fingerprint density at radius 3 is 2.05 bits per heavy atom. The van der Waals surface area contributed by atoms with Crippen LogP contribution in [0.4, 0.5) is 5.95 Å². The Balaban J connectivity index is 2.81. The lowest BCUT2D eigenvalue weighted by Gasteiger charge is -2.29. The molecule has 5 nitrogen and oxygen atoms in total. The van der Waals surface area contributed by atoms with Crippen molar-refractivity contribution in [1.82, 2.24) is 9.97 Å². The van der Waals surface area contributed by atoms with Gasteiger partial charge in [-0.3, -0.25) is 0 Å². The average molecular weight is 285 g/mol. The van der Waals surface area contributed by atoms with Gasteiger partial charge in [0.25, 0.3) is 0 Å².